The van der Waals surface area contributed by atoms with Gasteiger partial charge >= 0.3 is 0 Å². The molecule has 1 heterocycles. The molecule has 1 N–H and O–H groups in total. The van der Waals surface area contributed by atoms with Crippen molar-refractivity contribution in [2.45, 2.75) is 26.4 Å². The molecule has 1 aromatic heterocycles. The molecule has 0 spiro atoms. The van der Waals surface area contributed by atoms with Crippen LogP contribution in [0.5, 0.6) is 0 Å². The Hall–Kier alpha value is -0.0900. The van der Waals surface area contributed by atoms with E-state index in [0.717, 1.165) is 24.0 Å². The van der Waals surface area contributed by atoms with Crippen molar-refractivity contribution in [2.75, 3.05) is 20.1 Å². The summed E-state index contributed by atoms with van der Waals surface area (Å²) < 4.78 is 0.867. The first-order chi connectivity index (χ1) is 7.09. The molecule has 1 aromatic rings. The van der Waals surface area contributed by atoms with Crippen LogP contribution in [-0.4, -0.2) is 31.1 Å². The van der Waals surface area contributed by atoms with Crippen molar-refractivity contribution in [2.24, 2.45) is 0 Å². The van der Waals surface area contributed by atoms with Crippen LogP contribution in [0.1, 0.15) is 18.7 Å². The van der Waals surface area contributed by atoms with E-state index in [1.54, 1.807) is 11.3 Å². The van der Waals surface area contributed by atoms with Gasteiger partial charge in [-0.1, -0.05) is 11.6 Å². The lowest BCUT2D eigenvalue weighted by molar-refractivity contribution is 0.273. The highest BCUT2D eigenvalue weighted by Crippen LogP contribution is 2.20. The summed E-state index contributed by atoms with van der Waals surface area (Å²) in [5.41, 5.74) is 0. The number of hydrogen-bond donors (Lipinski definition) is 1. The van der Waals surface area contributed by atoms with Crippen molar-refractivity contribution >= 4 is 22.9 Å². The highest BCUT2D eigenvalue weighted by molar-refractivity contribution is 7.16. The monoisotopic (exact) mass is 246 g/mol. The minimum absolute atomic E-state index is 0.614. The average Bonchev–Trinajstić information content (AvgIpc) is 2.58. The van der Waals surface area contributed by atoms with Crippen LogP contribution in [0.2, 0.25) is 4.34 Å². The molecular formula is C11H19ClN2S. The molecule has 1 rings (SSSR count). The molecule has 0 aliphatic carbocycles. The second-order valence-electron chi connectivity index (χ2n) is 3.96. The lowest BCUT2D eigenvalue weighted by Gasteiger charge is -2.20. The molecule has 4 heteroatoms. The summed E-state index contributed by atoms with van der Waals surface area (Å²) >= 11 is 7.49. The van der Waals surface area contributed by atoms with Gasteiger partial charge in [0.15, 0.2) is 0 Å². The van der Waals surface area contributed by atoms with Gasteiger partial charge in [-0.15, -0.1) is 11.3 Å². The summed E-state index contributed by atoms with van der Waals surface area (Å²) in [4.78, 5) is 3.63. The van der Waals surface area contributed by atoms with Crippen LogP contribution in [0.3, 0.4) is 0 Å². The van der Waals surface area contributed by atoms with Crippen LogP contribution < -0.4 is 5.32 Å². The lowest BCUT2D eigenvalue weighted by Crippen LogP contribution is -2.33. The minimum Gasteiger partial charge on any atom is -0.311 e. The predicted octanol–water partition coefficient (Wildman–Crippen LogP) is 2.83. The van der Waals surface area contributed by atoms with Crippen molar-refractivity contribution in [1.29, 1.82) is 0 Å². The Morgan fingerprint density at radius 2 is 2.20 bits per heavy atom. The molecule has 0 unspecified atom stereocenters. The fraction of sp³-hybridized carbons (Fsp3) is 0.636. The summed E-state index contributed by atoms with van der Waals surface area (Å²) in [6.07, 6.45) is 0. The molecule has 0 fully saturated rings. The quantitative estimate of drug-likeness (QED) is 0.777. The number of halogens is 1. The van der Waals surface area contributed by atoms with Crippen molar-refractivity contribution in [1.82, 2.24) is 10.2 Å². The summed E-state index contributed by atoms with van der Waals surface area (Å²) in [6.45, 7) is 7.43. The van der Waals surface area contributed by atoms with Crippen LogP contribution in [0.15, 0.2) is 12.1 Å². The largest absolute Gasteiger partial charge is 0.311 e. The number of hydrogen-bond acceptors (Lipinski definition) is 3. The van der Waals surface area contributed by atoms with E-state index in [-0.39, 0.29) is 0 Å². The predicted molar refractivity (Wildman–Crippen MR) is 68.8 cm³/mol. The number of likely N-dealkylation sites (N-methyl/N-ethyl adjacent to an activating group) is 1. The molecule has 86 valence electrons. The van der Waals surface area contributed by atoms with Gasteiger partial charge in [0.25, 0.3) is 0 Å². The van der Waals surface area contributed by atoms with Crippen LogP contribution in [0.25, 0.3) is 0 Å². The standard InChI is InChI=1S/C11H19ClN2S/c1-9(2)14(3)7-6-13-8-10-4-5-11(12)15-10/h4-5,9,13H,6-8H2,1-3H3. The zero-order valence-corrected chi connectivity index (χ0v) is 11.2. The summed E-state index contributed by atoms with van der Waals surface area (Å²) in [5.74, 6) is 0. The lowest BCUT2D eigenvalue weighted by atomic mass is 10.3. The Balaban J connectivity index is 2.12. The molecule has 2 nitrogen and oxygen atoms in total. The van der Waals surface area contributed by atoms with Gasteiger partial charge in [0, 0.05) is 30.6 Å². The molecule has 0 saturated carbocycles. The van der Waals surface area contributed by atoms with Gasteiger partial charge in [-0.3, -0.25) is 0 Å². The van der Waals surface area contributed by atoms with E-state index in [1.165, 1.54) is 4.88 Å². The van der Waals surface area contributed by atoms with E-state index in [9.17, 15) is 0 Å². The fourth-order valence-electron chi connectivity index (χ4n) is 1.17. The number of thiophene rings is 1. The highest BCUT2D eigenvalue weighted by atomic mass is 35.5. The molecule has 0 amide bonds. The smallest absolute Gasteiger partial charge is 0.0931 e. The van der Waals surface area contributed by atoms with E-state index in [4.69, 9.17) is 11.6 Å². The van der Waals surface area contributed by atoms with Gasteiger partial charge in [-0.25, -0.2) is 0 Å². The highest BCUT2D eigenvalue weighted by Gasteiger charge is 2.02. The first-order valence-electron chi connectivity index (χ1n) is 5.24. The SMILES string of the molecule is CC(C)N(C)CCNCc1ccc(Cl)s1. The normalized spacial score (nSPS) is 11.6. The van der Waals surface area contributed by atoms with Gasteiger partial charge in [-0.05, 0) is 33.0 Å². The van der Waals surface area contributed by atoms with E-state index in [2.05, 4.69) is 37.2 Å². The topological polar surface area (TPSA) is 15.3 Å². The Kier molecular flexibility index (Phi) is 5.61. The van der Waals surface area contributed by atoms with Crippen molar-refractivity contribution in [3.63, 3.8) is 0 Å². The van der Waals surface area contributed by atoms with E-state index in [0.29, 0.717) is 6.04 Å². The van der Waals surface area contributed by atoms with Gasteiger partial charge in [-0.2, -0.15) is 0 Å². The fourth-order valence-corrected chi connectivity index (χ4v) is 2.23. The Labute approximate surface area is 101 Å². The second kappa shape index (κ2) is 6.48. The molecule has 0 radical (unpaired) electrons. The van der Waals surface area contributed by atoms with E-state index in [1.807, 2.05) is 6.07 Å². The van der Waals surface area contributed by atoms with Gasteiger partial charge in [0.2, 0.25) is 0 Å². The maximum absolute atomic E-state index is 5.85. The van der Waals surface area contributed by atoms with E-state index < -0.39 is 0 Å². The average molecular weight is 247 g/mol. The van der Waals surface area contributed by atoms with Crippen LogP contribution in [0.4, 0.5) is 0 Å². The molecule has 0 aliphatic heterocycles. The van der Waals surface area contributed by atoms with Crippen LogP contribution >= 0.6 is 22.9 Å². The van der Waals surface area contributed by atoms with Crippen molar-refractivity contribution in [3.05, 3.63) is 21.3 Å². The van der Waals surface area contributed by atoms with Crippen LogP contribution in [-0.2, 0) is 6.54 Å². The zero-order chi connectivity index (χ0) is 11.3. The van der Waals surface area contributed by atoms with Crippen molar-refractivity contribution < 1.29 is 0 Å². The minimum atomic E-state index is 0.614. The van der Waals surface area contributed by atoms with E-state index >= 15 is 0 Å². The maximum atomic E-state index is 5.85. The molecule has 15 heavy (non-hydrogen) atoms. The summed E-state index contributed by atoms with van der Waals surface area (Å²) in [5, 5.41) is 3.41. The third-order valence-corrected chi connectivity index (χ3v) is 3.68. The Morgan fingerprint density at radius 3 is 2.73 bits per heavy atom. The van der Waals surface area contributed by atoms with Gasteiger partial charge in [0.1, 0.15) is 0 Å². The second-order valence-corrected chi connectivity index (χ2v) is 5.76. The van der Waals surface area contributed by atoms with Crippen LogP contribution in [0, 0.1) is 0 Å². The first-order valence-corrected chi connectivity index (χ1v) is 6.44. The molecule has 0 saturated heterocycles. The van der Waals surface area contributed by atoms with Gasteiger partial charge < -0.3 is 10.2 Å². The maximum Gasteiger partial charge on any atom is 0.0931 e. The Morgan fingerprint density at radius 1 is 1.47 bits per heavy atom. The third-order valence-electron chi connectivity index (χ3n) is 2.45. The van der Waals surface area contributed by atoms with Gasteiger partial charge in [0.05, 0.1) is 4.34 Å². The molecular weight excluding hydrogens is 228 g/mol. The molecule has 0 bridgehead atoms. The Bertz CT molecular complexity index is 286. The first kappa shape index (κ1) is 13.0. The third kappa shape index (κ3) is 4.98. The molecule has 0 aromatic carbocycles. The number of nitrogens with one attached hydrogen (secondary N) is 1. The molecule has 0 aliphatic rings. The molecule has 0 atom stereocenters. The number of nitrogens with zero attached hydrogens (tertiary/aromatic N) is 1. The van der Waals surface area contributed by atoms with Crippen molar-refractivity contribution in [3.8, 4) is 0 Å². The summed E-state index contributed by atoms with van der Waals surface area (Å²) in [7, 11) is 2.15. The zero-order valence-electron chi connectivity index (χ0n) is 9.59. The summed E-state index contributed by atoms with van der Waals surface area (Å²) in [6, 6.07) is 4.64. The number of rotatable bonds is 6.